The summed E-state index contributed by atoms with van der Waals surface area (Å²) >= 11 is 0. The van der Waals surface area contributed by atoms with Gasteiger partial charge >= 0.3 is 0 Å². The molecular formula is C19H19NO4S. The Morgan fingerprint density at radius 3 is 2.24 bits per heavy atom. The fraction of sp³-hybridized carbons (Fsp3) is 0.316. The van der Waals surface area contributed by atoms with Gasteiger partial charge < -0.3 is 9.84 Å². The van der Waals surface area contributed by atoms with E-state index in [9.17, 15) is 18.8 Å². The topological polar surface area (TPSA) is 87.4 Å². The molecule has 0 aromatic heterocycles. The van der Waals surface area contributed by atoms with E-state index in [1.165, 1.54) is 0 Å². The molecule has 1 aliphatic rings. The summed E-state index contributed by atoms with van der Waals surface area (Å²) in [6.45, 7) is 1.37. The van der Waals surface area contributed by atoms with Crippen LogP contribution in [-0.4, -0.2) is 32.5 Å². The number of sulfone groups is 1. The van der Waals surface area contributed by atoms with Crippen molar-refractivity contribution in [3.63, 3.8) is 0 Å². The van der Waals surface area contributed by atoms with Gasteiger partial charge in [-0.15, -0.1) is 0 Å². The van der Waals surface area contributed by atoms with Gasteiger partial charge in [-0.25, -0.2) is 8.42 Å². The quantitative estimate of drug-likeness (QED) is 0.888. The van der Waals surface area contributed by atoms with Gasteiger partial charge in [0.1, 0.15) is 11.2 Å². The van der Waals surface area contributed by atoms with E-state index in [2.05, 4.69) is 6.07 Å². The zero-order valence-electron chi connectivity index (χ0n) is 14.0. The van der Waals surface area contributed by atoms with Crippen LogP contribution in [0.15, 0.2) is 53.4 Å². The molecule has 2 aromatic carbocycles. The molecule has 3 atom stereocenters. The molecule has 1 fully saturated rings. The Morgan fingerprint density at radius 2 is 1.76 bits per heavy atom. The first-order valence-electron chi connectivity index (χ1n) is 7.87. The highest BCUT2D eigenvalue weighted by Gasteiger charge is 2.72. The standard InChI is InChI=1S/C19H19NO4S/c1-13-3-9-16(10-4-13)25(22,23)18-17(19(18,11-20)12-21)14-5-7-15(24-2)8-6-14/h3-10,17-18,21H,12H2,1-2H3/t17-,18-,19-/m1/s1. The monoisotopic (exact) mass is 357 g/mol. The molecule has 1 aliphatic carbocycles. The Kier molecular flexibility index (Phi) is 4.31. The van der Waals surface area contributed by atoms with Gasteiger partial charge in [0.15, 0.2) is 9.84 Å². The fourth-order valence-electron chi connectivity index (χ4n) is 3.38. The van der Waals surface area contributed by atoms with E-state index in [1.54, 1.807) is 55.6 Å². The molecule has 130 valence electrons. The third kappa shape index (κ3) is 2.70. The van der Waals surface area contributed by atoms with Gasteiger partial charge in [0.25, 0.3) is 0 Å². The number of nitrogens with zero attached hydrogens (tertiary/aromatic N) is 1. The highest BCUT2D eigenvalue weighted by Crippen LogP contribution is 2.63. The van der Waals surface area contributed by atoms with E-state index in [0.29, 0.717) is 11.3 Å². The SMILES string of the molecule is COc1ccc([C@@H]2[C@@H](S(=O)(=O)c3ccc(C)cc3)[C@]2(C#N)CO)cc1. The summed E-state index contributed by atoms with van der Waals surface area (Å²) in [5.41, 5.74) is 0.338. The van der Waals surface area contributed by atoms with Gasteiger partial charge in [0, 0.05) is 5.92 Å². The van der Waals surface area contributed by atoms with Crippen molar-refractivity contribution in [2.75, 3.05) is 13.7 Å². The van der Waals surface area contributed by atoms with Gasteiger partial charge in [-0.05, 0) is 36.8 Å². The summed E-state index contributed by atoms with van der Waals surface area (Å²) in [4.78, 5) is 0.173. The number of hydrogen-bond donors (Lipinski definition) is 1. The van der Waals surface area contributed by atoms with Gasteiger partial charge in [-0.1, -0.05) is 29.8 Å². The summed E-state index contributed by atoms with van der Waals surface area (Å²) in [5, 5.41) is 18.5. The predicted molar refractivity (Wildman–Crippen MR) is 93.0 cm³/mol. The van der Waals surface area contributed by atoms with E-state index in [-0.39, 0.29) is 4.90 Å². The third-order valence-corrected chi connectivity index (χ3v) is 7.18. The number of ether oxygens (including phenoxy) is 1. The van der Waals surface area contributed by atoms with Crippen LogP contribution >= 0.6 is 0 Å². The normalized spacial score (nSPS) is 25.2. The molecular weight excluding hydrogens is 338 g/mol. The Hall–Kier alpha value is -2.36. The van der Waals surface area contributed by atoms with Gasteiger partial charge in [-0.2, -0.15) is 5.26 Å². The lowest BCUT2D eigenvalue weighted by atomic mass is 10.0. The molecule has 0 aliphatic heterocycles. The highest BCUT2D eigenvalue weighted by molar-refractivity contribution is 7.92. The third-order valence-electron chi connectivity index (χ3n) is 4.88. The van der Waals surface area contributed by atoms with Gasteiger partial charge in [0.2, 0.25) is 0 Å². The van der Waals surface area contributed by atoms with Crippen molar-refractivity contribution < 1.29 is 18.3 Å². The average molecular weight is 357 g/mol. The van der Waals surface area contributed by atoms with Crippen LogP contribution in [0.25, 0.3) is 0 Å². The molecule has 1 saturated carbocycles. The van der Waals surface area contributed by atoms with Crippen LogP contribution in [0.2, 0.25) is 0 Å². The van der Waals surface area contributed by atoms with Crippen LogP contribution in [0.3, 0.4) is 0 Å². The summed E-state index contributed by atoms with van der Waals surface area (Å²) < 4.78 is 31.2. The number of aryl methyl sites for hydroxylation is 1. The number of rotatable bonds is 5. The Bertz CT molecular complexity index is 913. The Balaban J connectivity index is 2.04. The lowest BCUT2D eigenvalue weighted by Crippen LogP contribution is -2.18. The van der Waals surface area contributed by atoms with Crippen LogP contribution < -0.4 is 4.74 Å². The van der Waals surface area contributed by atoms with Crippen molar-refractivity contribution >= 4 is 9.84 Å². The van der Waals surface area contributed by atoms with Crippen LogP contribution in [-0.2, 0) is 9.84 Å². The number of aliphatic hydroxyl groups is 1. The van der Waals surface area contributed by atoms with E-state index in [4.69, 9.17) is 4.74 Å². The number of aliphatic hydroxyl groups excluding tert-OH is 1. The second-order valence-corrected chi connectivity index (χ2v) is 8.41. The minimum absolute atomic E-state index is 0.173. The summed E-state index contributed by atoms with van der Waals surface area (Å²) in [5.74, 6) is 0.0774. The smallest absolute Gasteiger partial charge is 0.183 e. The molecule has 5 nitrogen and oxygen atoms in total. The molecule has 0 heterocycles. The molecule has 0 unspecified atom stereocenters. The molecule has 2 aromatic rings. The summed E-state index contributed by atoms with van der Waals surface area (Å²) in [6, 6.07) is 15.5. The van der Waals surface area contributed by atoms with Crippen LogP contribution in [0.4, 0.5) is 0 Å². The van der Waals surface area contributed by atoms with Crippen molar-refractivity contribution in [1.82, 2.24) is 0 Å². The maximum Gasteiger partial charge on any atom is 0.183 e. The minimum Gasteiger partial charge on any atom is -0.497 e. The fourth-order valence-corrected chi connectivity index (χ4v) is 5.69. The second-order valence-electron chi connectivity index (χ2n) is 6.34. The molecule has 0 bridgehead atoms. The van der Waals surface area contributed by atoms with Crippen LogP contribution in [0, 0.1) is 23.7 Å². The van der Waals surface area contributed by atoms with Crippen LogP contribution in [0.5, 0.6) is 5.75 Å². The molecule has 0 amide bonds. The van der Waals surface area contributed by atoms with E-state index < -0.39 is 33.0 Å². The average Bonchev–Trinajstić information content (AvgIpc) is 3.33. The van der Waals surface area contributed by atoms with Crippen molar-refractivity contribution in [1.29, 1.82) is 5.26 Å². The zero-order valence-corrected chi connectivity index (χ0v) is 14.8. The maximum atomic E-state index is 13.1. The van der Waals surface area contributed by atoms with E-state index in [0.717, 1.165) is 5.56 Å². The second kappa shape index (κ2) is 6.17. The van der Waals surface area contributed by atoms with Crippen molar-refractivity contribution in [2.45, 2.75) is 23.0 Å². The largest absolute Gasteiger partial charge is 0.497 e. The highest BCUT2D eigenvalue weighted by atomic mass is 32.2. The van der Waals surface area contributed by atoms with E-state index >= 15 is 0 Å². The first-order valence-corrected chi connectivity index (χ1v) is 9.42. The number of benzene rings is 2. The number of hydrogen-bond acceptors (Lipinski definition) is 5. The molecule has 25 heavy (non-hydrogen) atoms. The van der Waals surface area contributed by atoms with E-state index in [1.807, 2.05) is 6.92 Å². The van der Waals surface area contributed by atoms with Gasteiger partial charge in [0.05, 0.1) is 29.9 Å². The Morgan fingerprint density at radius 1 is 1.16 bits per heavy atom. The Labute approximate surface area is 147 Å². The lowest BCUT2D eigenvalue weighted by molar-refractivity contribution is 0.242. The molecule has 1 N–H and O–H groups in total. The van der Waals surface area contributed by atoms with Crippen molar-refractivity contribution in [2.24, 2.45) is 5.41 Å². The van der Waals surface area contributed by atoms with Gasteiger partial charge in [-0.3, -0.25) is 0 Å². The maximum absolute atomic E-state index is 13.1. The predicted octanol–water partition coefficient (Wildman–Crippen LogP) is 2.45. The number of methoxy groups -OCH3 is 1. The summed E-state index contributed by atoms with van der Waals surface area (Å²) in [7, 11) is -2.20. The molecule has 3 rings (SSSR count). The van der Waals surface area contributed by atoms with Crippen molar-refractivity contribution in [3.8, 4) is 11.8 Å². The molecule has 6 heteroatoms. The number of nitriles is 1. The first kappa shape index (κ1) is 17.5. The summed E-state index contributed by atoms with van der Waals surface area (Å²) in [6.07, 6.45) is 0. The van der Waals surface area contributed by atoms with Crippen molar-refractivity contribution in [3.05, 3.63) is 59.7 Å². The zero-order chi connectivity index (χ0) is 18.2. The molecule has 0 spiro atoms. The molecule has 0 radical (unpaired) electrons. The van der Waals surface area contributed by atoms with Crippen LogP contribution in [0.1, 0.15) is 17.0 Å². The lowest BCUT2D eigenvalue weighted by Gasteiger charge is -2.06. The first-order chi connectivity index (χ1) is 11.9. The molecule has 0 saturated heterocycles. The minimum atomic E-state index is -3.74.